The zero-order valence-electron chi connectivity index (χ0n) is 42.3. The Labute approximate surface area is 410 Å². The zero-order chi connectivity index (χ0) is 47.7. The standard InChI is InChI=1S/C61H66N3O.Pt/c1-38(2)39-23-25-41(26-24-39)42-27-28-62-53(34-42)45-29-44(31-46(32-45)58(3,4)5)50-21-18-22-54-55(50)63-57(51-36-48(60(9,10)11)37-52(56(51)65)61(12,13)14)64(54)49-33-43(40-19-16-15-17-20-40)30-47(35-49)59(6,7)8;/h15-28,30-38,65H,1-14H3;/q-1;/i38D;. The van der Waals surface area contributed by atoms with Crippen molar-refractivity contribution in [3.05, 3.63) is 167 Å². The number of pyridine rings is 1. The Hall–Kier alpha value is -5.57. The summed E-state index contributed by atoms with van der Waals surface area (Å²) < 4.78 is 10.8. The molecule has 0 radical (unpaired) electrons. The van der Waals surface area contributed by atoms with Crippen LogP contribution in [-0.4, -0.2) is 19.6 Å². The molecule has 342 valence electrons. The Kier molecular flexibility index (Phi) is 12.7. The van der Waals surface area contributed by atoms with E-state index >= 15 is 0 Å². The first-order valence-corrected chi connectivity index (χ1v) is 23.0. The number of benzene rings is 6. The van der Waals surface area contributed by atoms with Crippen LogP contribution in [-0.2, 0) is 42.7 Å². The van der Waals surface area contributed by atoms with Crippen LogP contribution in [0.25, 0.3) is 72.7 Å². The van der Waals surface area contributed by atoms with Crippen LogP contribution in [0.15, 0.2) is 134 Å². The van der Waals surface area contributed by atoms with Gasteiger partial charge in [0.25, 0.3) is 0 Å². The SMILES string of the molecule is [2H]C(C)(C)c1ccc(-c2ccnc(-c3[c-]c(-c4cccc5c4nc(-c4cc(C(C)(C)C)cc(C(C)(C)C)c4O)n5-c4cc(-c5ccccc5)cc(C(C)(C)C)c4)cc(C(C)(C)C)c3)c2)cc1.[Pt]. The summed E-state index contributed by atoms with van der Waals surface area (Å²) in [7, 11) is 0. The molecule has 0 aliphatic heterocycles. The number of para-hydroxylation sites is 1. The van der Waals surface area contributed by atoms with Gasteiger partial charge in [-0.2, -0.15) is 0 Å². The number of aromatic nitrogens is 3. The number of phenolic OH excluding ortho intramolecular Hbond substituents is 1. The average molecular weight is 1050 g/mol. The van der Waals surface area contributed by atoms with E-state index < -0.39 is 5.89 Å². The molecule has 2 aromatic heterocycles. The topological polar surface area (TPSA) is 50.9 Å². The van der Waals surface area contributed by atoms with Gasteiger partial charge in [0.15, 0.2) is 0 Å². The van der Waals surface area contributed by atoms with Gasteiger partial charge in [0.2, 0.25) is 0 Å². The summed E-state index contributed by atoms with van der Waals surface area (Å²) in [4.78, 5) is 10.6. The summed E-state index contributed by atoms with van der Waals surface area (Å²) in [6.45, 7) is 30.5. The number of phenols is 1. The van der Waals surface area contributed by atoms with Crippen molar-refractivity contribution in [2.45, 2.75) is 124 Å². The summed E-state index contributed by atoms with van der Waals surface area (Å²) in [5.41, 5.74) is 15.9. The summed E-state index contributed by atoms with van der Waals surface area (Å²) in [6.07, 6.45) is 1.87. The number of hydrogen-bond donors (Lipinski definition) is 1. The number of hydrogen-bond acceptors (Lipinski definition) is 3. The maximum atomic E-state index is 12.5. The van der Waals surface area contributed by atoms with Gasteiger partial charge in [0.05, 0.1) is 16.6 Å². The normalized spacial score (nSPS) is 12.8. The zero-order valence-corrected chi connectivity index (χ0v) is 43.6. The summed E-state index contributed by atoms with van der Waals surface area (Å²) in [5, 5.41) is 12.5. The molecule has 5 heteroatoms. The Bertz CT molecular complexity index is 3090. The first-order valence-electron chi connectivity index (χ1n) is 23.5. The number of aromatic hydroxyl groups is 1. The minimum Gasteiger partial charge on any atom is -0.507 e. The second kappa shape index (κ2) is 17.9. The Morgan fingerprint density at radius 1 is 0.561 bits per heavy atom. The molecule has 1 N–H and O–H groups in total. The van der Waals surface area contributed by atoms with Crippen molar-refractivity contribution in [1.29, 1.82) is 0 Å². The summed E-state index contributed by atoms with van der Waals surface area (Å²) in [6, 6.07) is 49.0. The Morgan fingerprint density at radius 3 is 1.79 bits per heavy atom. The monoisotopic (exact) mass is 1050 g/mol. The van der Waals surface area contributed by atoms with Gasteiger partial charge in [-0.05, 0) is 96.8 Å². The van der Waals surface area contributed by atoms with Crippen LogP contribution in [0.3, 0.4) is 0 Å². The fourth-order valence-electron chi connectivity index (χ4n) is 8.58. The van der Waals surface area contributed by atoms with E-state index in [0.29, 0.717) is 11.4 Å². The van der Waals surface area contributed by atoms with Gasteiger partial charge in [-0.3, -0.25) is 9.55 Å². The van der Waals surface area contributed by atoms with E-state index in [-0.39, 0.29) is 48.5 Å². The number of nitrogens with zero attached hydrogens (tertiary/aromatic N) is 3. The van der Waals surface area contributed by atoms with Crippen molar-refractivity contribution in [2.24, 2.45) is 0 Å². The number of fused-ring (bicyclic) bond motifs is 1. The molecule has 4 nitrogen and oxygen atoms in total. The van der Waals surface area contributed by atoms with E-state index in [2.05, 4.69) is 203 Å². The molecule has 0 aliphatic rings. The quantitative estimate of drug-likeness (QED) is 0.162. The molecule has 0 spiro atoms. The molecule has 0 aliphatic carbocycles. The third kappa shape index (κ3) is 9.77. The van der Waals surface area contributed by atoms with Gasteiger partial charge in [0, 0.05) is 45.6 Å². The van der Waals surface area contributed by atoms with Crippen molar-refractivity contribution < 1.29 is 27.5 Å². The van der Waals surface area contributed by atoms with E-state index in [1.807, 2.05) is 38.2 Å². The molecule has 66 heavy (non-hydrogen) atoms. The second-order valence-electron chi connectivity index (χ2n) is 22.2. The average Bonchev–Trinajstić information content (AvgIpc) is 3.64. The van der Waals surface area contributed by atoms with E-state index in [1.54, 1.807) is 0 Å². The van der Waals surface area contributed by atoms with E-state index in [0.717, 1.165) is 83.6 Å². The minimum atomic E-state index is -0.673. The molecule has 8 rings (SSSR count). The van der Waals surface area contributed by atoms with Crippen molar-refractivity contribution in [1.82, 2.24) is 14.5 Å². The van der Waals surface area contributed by atoms with E-state index in [9.17, 15) is 5.11 Å². The van der Waals surface area contributed by atoms with Crippen molar-refractivity contribution in [2.75, 3.05) is 0 Å². The molecule has 0 bridgehead atoms. The summed E-state index contributed by atoms with van der Waals surface area (Å²) in [5.74, 6) is 0.253. The predicted octanol–water partition coefficient (Wildman–Crippen LogP) is 16.6. The third-order valence-corrected chi connectivity index (χ3v) is 12.7. The van der Waals surface area contributed by atoms with Gasteiger partial charge in [-0.25, -0.2) is 4.98 Å². The summed E-state index contributed by atoms with van der Waals surface area (Å²) >= 11 is 0. The number of imidazole rings is 1. The minimum absolute atomic E-state index is 0. The molecule has 0 unspecified atom stereocenters. The van der Waals surface area contributed by atoms with Crippen LogP contribution in [0.1, 0.15) is 132 Å². The molecule has 2 heterocycles. The molecule has 0 atom stereocenters. The molecule has 8 aromatic rings. The Morgan fingerprint density at radius 2 is 1.17 bits per heavy atom. The maximum Gasteiger partial charge on any atom is 0.148 e. The molecular formula is C61H66N3OPt-. The van der Waals surface area contributed by atoms with Crippen LogP contribution in [0.5, 0.6) is 5.75 Å². The molecule has 0 saturated heterocycles. The van der Waals surface area contributed by atoms with Crippen molar-refractivity contribution in [3.8, 4) is 67.5 Å². The van der Waals surface area contributed by atoms with Crippen LogP contribution < -0.4 is 0 Å². The molecule has 6 aromatic carbocycles. The number of rotatable bonds is 7. The van der Waals surface area contributed by atoms with Gasteiger partial charge < -0.3 is 5.11 Å². The fraction of sp³-hybridized carbons (Fsp3) is 0.311. The van der Waals surface area contributed by atoms with Crippen LogP contribution in [0.4, 0.5) is 0 Å². The first-order chi connectivity index (χ1) is 30.8. The van der Waals surface area contributed by atoms with Crippen LogP contribution in [0.2, 0.25) is 0 Å². The third-order valence-electron chi connectivity index (χ3n) is 12.7. The maximum absolute atomic E-state index is 12.5. The van der Waals surface area contributed by atoms with Gasteiger partial charge in [-0.1, -0.05) is 193 Å². The largest absolute Gasteiger partial charge is 0.507 e. The smallest absolute Gasteiger partial charge is 0.148 e. The van der Waals surface area contributed by atoms with E-state index in [4.69, 9.17) is 11.3 Å². The van der Waals surface area contributed by atoms with E-state index in [1.165, 1.54) is 5.56 Å². The predicted molar refractivity (Wildman–Crippen MR) is 275 cm³/mol. The molecular weight excluding hydrogens is 986 g/mol. The first kappa shape index (κ1) is 46.9. The van der Waals surface area contributed by atoms with Crippen molar-refractivity contribution in [3.63, 3.8) is 0 Å². The molecule has 0 amide bonds. The molecule has 0 fully saturated rings. The van der Waals surface area contributed by atoms with Gasteiger partial charge in [-0.15, -0.1) is 29.3 Å². The fourth-order valence-corrected chi connectivity index (χ4v) is 8.58. The molecule has 0 saturated carbocycles. The Balaban J connectivity index is 0.00000666. The van der Waals surface area contributed by atoms with Gasteiger partial charge in [0.1, 0.15) is 11.6 Å². The van der Waals surface area contributed by atoms with Crippen LogP contribution in [0, 0.1) is 6.07 Å². The van der Waals surface area contributed by atoms with Gasteiger partial charge >= 0.3 is 0 Å². The second-order valence-corrected chi connectivity index (χ2v) is 22.2. The van der Waals surface area contributed by atoms with Crippen molar-refractivity contribution >= 4 is 11.0 Å². The van der Waals surface area contributed by atoms with Crippen LogP contribution >= 0.6 is 0 Å².